The molecular formula is C47H13N17O4. The molecule has 0 saturated carbocycles. The van der Waals surface area contributed by atoms with E-state index in [1.54, 1.807) is 0 Å². The van der Waals surface area contributed by atoms with Gasteiger partial charge in [-0.2, -0.15) is 20.5 Å². The maximum absolute atomic E-state index is 11.8. The molecule has 21 nitrogen and oxygen atoms in total. The van der Waals surface area contributed by atoms with E-state index in [2.05, 4.69) is 54.3 Å². The van der Waals surface area contributed by atoms with Gasteiger partial charge < -0.3 is 26.0 Å². The molecule has 13 rings (SSSR count). The zero-order valence-corrected chi connectivity index (χ0v) is 33.7. The van der Waals surface area contributed by atoms with Crippen molar-refractivity contribution in [1.29, 1.82) is 10.5 Å². The predicted molar refractivity (Wildman–Crippen MR) is 239 cm³/mol. The summed E-state index contributed by atoms with van der Waals surface area (Å²) in [7, 11) is 0. The molecule has 310 valence electrons. The van der Waals surface area contributed by atoms with Gasteiger partial charge in [-0.3, -0.25) is 19.2 Å². The van der Waals surface area contributed by atoms with Crippen LogP contribution in [0.2, 0.25) is 0 Å². The number of nitrogen functional groups attached to an aromatic ring is 2. The first-order chi connectivity index (χ1) is 32.9. The van der Waals surface area contributed by atoms with Gasteiger partial charge in [-0.1, -0.05) is 44.0 Å². The minimum Gasteiger partial charge on any atom is -0.395 e. The second-order valence-corrected chi connectivity index (χ2v) is 14.9. The van der Waals surface area contributed by atoms with Crippen LogP contribution in [0, 0.1) is 49.0 Å². The van der Waals surface area contributed by atoms with E-state index in [1.165, 1.54) is 30.3 Å². The fraction of sp³-hybridized carbons (Fsp3) is 0. The van der Waals surface area contributed by atoms with Crippen LogP contribution in [-0.2, 0) is 0 Å². The molecule has 4 aliphatic carbocycles. The van der Waals surface area contributed by atoms with Crippen molar-refractivity contribution in [2.24, 2.45) is 0 Å². The number of aromatic nitrogens is 9. The Morgan fingerprint density at radius 1 is 0.412 bits per heavy atom. The molecule has 0 aliphatic heterocycles. The zero-order chi connectivity index (χ0) is 47.4. The highest BCUT2D eigenvalue weighted by Crippen LogP contribution is 2.54. The van der Waals surface area contributed by atoms with Crippen molar-refractivity contribution in [1.82, 2.24) is 44.9 Å². The normalized spacial score (nSPS) is 12.3. The van der Waals surface area contributed by atoms with Crippen LogP contribution >= 0.6 is 0 Å². The van der Waals surface area contributed by atoms with E-state index >= 15 is 0 Å². The van der Waals surface area contributed by atoms with Crippen LogP contribution in [0.3, 0.4) is 0 Å². The molecule has 5 heterocycles. The lowest BCUT2D eigenvalue weighted by Crippen LogP contribution is -2.08. The minimum atomic E-state index is -0.569. The Labute approximate surface area is 378 Å². The average molecular weight is 880 g/mol. The van der Waals surface area contributed by atoms with Crippen molar-refractivity contribution in [2.75, 3.05) is 11.5 Å². The van der Waals surface area contributed by atoms with Gasteiger partial charge in [0.15, 0.2) is 22.7 Å². The number of hydrogen-bond donors (Lipinski definition) is 2. The third-order valence-electron chi connectivity index (χ3n) is 11.4. The Bertz CT molecular complexity index is 3850. The van der Waals surface area contributed by atoms with Gasteiger partial charge in [0.25, 0.3) is 17.5 Å². The molecule has 0 spiro atoms. The quantitative estimate of drug-likeness (QED) is 0.111. The van der Waals surface area contributed by atoms with Crippen molar-refractivity contribution in [3.63, 3.8) is 0 Å². The SMILES string of the molecule is O=C1C(=O)c2ccc3c4c(ccc1c24)C(=O)C3=O.[C-]#[N+]c1cc(N)c(N)nc1[N+]#[C-].[C-]#[N+]c1nc2nc3c(nc2nc1[N+]#[C-])-c1ccc2c4c(ccc-3c14)-c1nc3nc(C#N)c(C#N)nc3nc1-2. The van der Waals surface area contributed by atoms with Crippen molar-refractivity contribution in [3.8, 4) is 57.2 Å². The molecule has 21 heteroatoms. The van der Waals surface area contributed by atoms with Gasteiger partial charge in [-0.05, 0) is 30.3 Å². The van der Waals surface area contributed by atoms with Crippen LogP contribution in [0.5, 0.6) is 0 Å². The number of fused-ring (bicyclic) bond motifs is 8. The number of pyridine rings is 1. The lowest BCUT2D eigenvalue weighted by Gasteiger charge is -2.04. The number of carbonyl (C=O) groups is 4. The Balaban J connectivity index is 0.000000139. The van der Waals surface area contributed by atoms with Gasteiger partial charge in [0.2, 0.25) is 34.6 Å². The van der Waals surface area contributed by atoms with Gasteiger partial charge in [-0.15, -0.1) is 15.0 Å². The van der Waals surface area contributed by atoms with E-state index in [1.807, 2.05) is 36.4 Å². The second kappa shape index (κ2) is 14.1. The van der Waals surface area contributed by atoms with Crippen LogP contribution in [0.4, 0.5) is 34.6 Å². The summed E-state index contributed by atoms with van der Waals surface area (Å²) in [5.74, 6) is -2.41. The monoisotopic (exact) mass is 879 g/mol. The smallest absolute Gasteiger partial charge is 0.316 e. The van der Waals surface area contributed by atoms with Crippen molar-refractivity contribution >= 4 is 102 Å². The summed E-state index contributed by atoms with van der Waals surface area (Å²) < 4.78 is 0. The van der Waals surface area contributed by atoms with E-state index in [-0.39, 0.29) is 90.9 Å². The molecular weight excluding hydrogens is 867 g/mol. The summed E-state index contributed by atoms with van der Waals surface area (Å²) in [5, 5.41) is 21.4. The van der Waals surface area contributed by atoms with Gasteiger partial charge >= 0.3 is 11.3 Å². The first kappa shape index (κ1) is 39.5. The number of carbonyl (C=O) groups excluding carboxylic acids is 4. The van der Waals surface area contributed by atoms with Crippen LogP contribution in [0.1, 0.15) is 52.8 Å². The Kier molecular flexibility index (Phi) is 8.16. The van der Waals surface area contributed by atoms with Gasteiger partial charge in [0.1, 0.15) is 23.5 Å². The number of nitrogens with two attached hydrogens (primary N) is 2. The zero-order valence-electron chi connectivity index (χ0n) is 33.7. The van der Waals surface area contributed by atoms with E-state index < -0.39 is 23.1 Å². The number of rotatable bonds is 0. The number of hydrogen-bond acceptors (Lipinski definition) is 17. The number of nitriles is 2. The average Bonchev–Trinajstić information content (AvgIpc) is 4.02. The molecule has 0 fully saturated rings. The van der Waals surface area contributed by atoms with E-state index in [4.69, 9.17) is 47.7 Å². The minimum absolute atomic E-state index is 0.00306. The fourth-order valence-corrected chi connectivity index (χ4v) is 8.52. The van der Waals surface area contributed by atoms with Gasteiger partial charge in [0.05, 0.1) is 23.6 Å². The van der Waals surface area contributed by atoms with Crippen LogP contribution < -0.4 is 11.5 Å². The maximum Gasteiger partial charge on any atom is 0.316 e. The lowest BCUT2D eigenvalue weighted by atomic mass is 9.99. The molecule has 0 atom stereocenters. The number of benzene rings is 4. The molecule has 0 amide bonds. The van der Waals surface area contributed by atoms with E-state index in [0.29, 0.717) is 33.5 Å². The summed E-state index contributed by atoms with van der Waals surface area (Å²) in [6.07, 6.45) is 0. The van der Waals surface area contributed by atoms with Crippen molar-refractivity contribution < 1.29 is 19.2 Å². The molecule has 0 saturated heterocycles. The summed E-state index contributed by atoms with van der Waals surface area (Å²) in [6, 6.07) is 18.6. The van der Waals surface area contributed by atoms with Crippen molar-refractivity contribution in [2.45, 2.75) is 0 Å². The largest absolute Gasteiger partial charge is 0.395 e. The number of anilines is 2. The Morgan fingerprint density at radius 2 is 0.721 bits per heavy atom. The van der Waals surface area contributed by atoms with Gasteiger partial charge in [-0.25, -0.2) is 24.8 Å². The lowest BCUT2D eigenvalue weighted by molar-refractivity contribution is 0.0823. The fourth-order valence-electron chi connectivity index (χ4n) is 8.52. The Morgan fingerprint density at radius 3 is 1.03 bits per heavy atom. The molecule has 9 aromatic rings. The first-order valence-electron chi connectivity index (χ1n) is 19.4. The van der Waals surface area contributed by atoms with E-state index in [9.17, 15) is 29.7 Å². The molecule has 4 aliphatic rings. The summed E-state index contributed by atoms with van der Waals surface area (Å²) in [5.41, 5.74) is 18.6. The molecule has 4 aromatic carbocycles. The highest BCUT2D eigenvalue weighted by Gasteiger charge is 2.39. The van der Waals surface area contributed by atoms with Gasteiger partial charge in [0, 0.05) is 66.1 Å². The standard InChI is InChI=1S/C26H4N12.C14H4O4.C7H5N5/c1-29-21-22(30-2)38-26-25(37-21)35-19-11-5-3-9-15-10(4-6-12(16(11)15)20(19)36-26)18-17(9)33-23-24(34-18)32-14(8-28)13(7-27)31-23;15-11-5-1-2-6-10-8(14(18)12(6)16)4-3-7(9(5)10)13(11)17;1-10-5-3-4(8)6(9)12-7(5)11-2/h3-6H;1-4H;3H,8H2,(H2,9,12). The molecule has 0 radical (unpaired) electrons. The summed E-state index contributed by atoms with van der Waals surface area (Å²) in [4.78, 5) is 99.1. The highest BCUT2D eigenvalue weighted by atomic mass is 16.2. The second-order valence-electron chi connectivity index (χ2n) is 14.9. The first-order valence-corrected chi connectivity index (χ1v) is 19.4. The van der Waals surface area contributed by atoms with Crippen LogP contribution in [0.25, 0.3) is 109 Å². The molecule has 0 unspecified atom stereocenters. The molecule has 4 N–H and O–H groups in total. The molecule has 0 bridgehead atoms. The topological polar surface area (TPSA) is 301 Å². The molecule has 5 aromatic heterocycles. The van der Waals surface area contributed by atoms with Crippen molar-refractivity contribution in [3.05, 3.63) is 134 Å². The third-order valence-corrected chi connectivity index (χ3v) is 11.4. The summed E-state index contributed by atoms with van der Waals surface area (Å²) >= 11 is 0. The highest BCUT2D eigenvalue weighted by molar-refractivity contribution is 6.62. The summed E-state index contributed by atoms with van der Waals surface area (Å²) in [6.45, 7) is 28.0. The van der Waals surface area contributed by atoms with E-state index in [0.717, 1.165) is 33.0 Å². The number of nitrogens with zero attached hydrogens (tertiary/aromatic N) is 15. The predicted octanol–water partition coefficient (Wildman–Crippen LogP) is 7.39. The number of ketones is 4. The Hall–Kier alpha value is -11.4. The third kappa shape index (κ3) is 5.27. The van der Waals surface area contributed by atoms with Crippen LogP contribution in [-0.4, -0.2) is 68.0 Å². The molecule has 68 heavy (non-hydrogen) atoms. The van der Waals surface area contributed by atoms with Crippen LogP contribution in [0.15, 0.2) is 54.6 Å². The maximum atomic E-state index is 11.8. The number of Topliss-reactive ketones (excluding diaryl/α,β-unsaturated/α-hetero) is 4.